The Hall–Kier alpha value is -1.40. The third-order valence-corrected chi connectivity index (χ3v) is 7.40. The molecule has 5 nitrogen and oxygen atoms in total. The minimum absolute atomic E-state index is 0.287. The Morgan fingerprint density at radius 3 is 2.65 bits per heavy atom. The minimum Gasteiger partial charge on any atom is -0.443 e. The molecule has 0 amide bonds. The molecule has 0 saturated carbocycles. The monoisotopic (exact) mass is 293 g/mol. The summed E-state index contributed by atoms with van der Waals surface area (Å²) in [6.45, 7) is 0. The summed E-state index contributed by atoms with van der Waals surface area (Å²) in [4.78, 5) is 4.09. The standard InChI is InChI=1S/C14H15NO4S/c16-14(6-10-2-3-11(7-14)20(10,17)18)9-1-4-13-12(5-9)15-8-19-13/h1,4-5,8,10-11,16H,2-3,6-7H2. The predicted octanol–water partition coefficient (Wildman–Crippen LogP) is 1.75. The minimum atomic E-state index is -3.03. The molecular weight excluding hydrogens is 278 g/mol. The molecule has 2 fully saturated rings. The van der Waals surface area contributed by atoms with Crippen molar-refractivity contribution in [1.29, 1.82) is 0 Å². The molecule has 106 valence electrons. The van der Waals surface area contributed by atoms with Gasteiger partial charge in [-0.2, -0.15) is 0 Å². The Morgan fingerprint density at radius 1 is 1.25 bits per heavy atom. The number of rotatable bonds is 1. The van der Waals surface area contributed by atoms with E-state index >= 15 is 0 Å². The van der Waals surface area contributed by atoms with Crippen molar-refractivity contribution in [2.45, 2.75) is 41.8 Å². The zero-order valence-electron chi connectivity index (χ0n) is 10.8. The van der Waals surface area contributed by atoms with Crippen LogP contribution in [0.25, 0.3) is 11.1 Å². The molecule has 2 aliphatic heterocycles. The maximum atomic E-state index is 12.1. The number of nitrogens with zero attached hydrogens (tertiary/aromatic N) is 1. The molecule has 1 aromatic heterocycles. The fourth-order valence-electron chi connectivity index (χ4n) is 3.63. The SMILES string of the molecule is O=S1(=O)C2CCC1CC(O)(c1ccc3ocnc3c1)C2. The van der Waals surface area contributed by atoms with Crippen molar-refractivity contribution in [1.82, 2.24) is 4.98 Å². The third kappa shape index (κ3) is 1.58. The van der Waals surface area contributed by atoms with E-state index in [4.69, 9.17) is 4.42 Å². The molecule has 2 aromatic rings. The highest BCUT2D eigenvalue weighted by molar-refractivity contribution is 7.93. The van der Waals surface area contributed by atoms with Gasteiger partial charge in [-0.1, -0.05) is 6.07 Å². The quantitative estimate of drug-likeness (QED) is 0.866. The Morgan fingerprint density at radius 2 is 1.95 bits per heavy atom. The van der Waals surface area contributed by atoms with Crippen LogP contribution in [0.5, 0.6) is 0 Å². The Bertz CT molecular complexity index is 759. The van der Waals surface area contributed by atoms with Crippen molar-refractivity contribution in [3.63, 3.8) is 0 Å². The van der Waals surface area contributed by atoms with Gasteiger partial charge in [0.25, 0.3) is 0 Å². The topological polar surface area (TPSA) is 80.4 Å². The summed E-state index contributed by atoms with van der Waals surface area (Å²) >= 11 is 0. The van der Waals surface area contributed by atoms with Crippen LogP contribution in [0.2, 0.25) is 0 Å². The molecule has 1 N–H and O–H groups in total. The van der Waals surface area contributed by atoms with Crippen LogP contribution in [0.4, 0.5) is 0 Å². The lowest BCUT2D eigenvalue weighted by molar-refractivity contribution is 0.0174. The molecule has 2 aliphatic rings. The average molecular weight is 293 g/mol. The highest BCUT2D eigenvalue weighted by atomic mass is 32.2. The fourth-order valence-corrected chi connectivity index (χ4v) is 6.12. The number of aromatic nitrogens is 1. The summed E-state index contributed by atoms with van der Waals surface area (Å²) < 4.78 is 29.4. The average Bonchev–Trinajstić information content (AvgIpc) is 2.90. The van der Waals surface area contributed by atoms with Gasteiger partial charge in [0.2, 0.25) is 0 Å². The normalized spacial score (nSPS) is 35.5. The summed E-state index contributed by atoms with van der Waals surface area (Å²) in [5.74, 6) is 0. The Balaban J connectivity index is 1.78. The van der Waals surface area contributed by atoms with Gasteiger partial charge >= 0.3 is 0 Å². The summed E-state index contributed by atoms with van der Waals surface area (Å²) in [5, 5.41) is 10.1. The first-order valence-corrected chi connectivity index (χ1v) is 8.39. The van der Waals surface area contributed by atoms with Crippen molar-refractivity contribution < 1.29 is 17.9 Å². The number of hydrogen-bond donors (Lipinski definition) is 1. The van der Waals surface area contributed by atoms with E-state index in [1.807, 2.05) is 6.07 Å². The first-order chi connectivity index (χ1) is 9.49. The van der Waals surface area contributed by atoms with E-state index in [1.165, 1.54) is 6.39 Å². The molecule has 3 heterocycles. The molecule has 6 heteroatoms. The molecule has 2 atom stereocenters. The molecule has 2 saturated heterocycles. The van der Waals surface area contributed by atoms with Crippen LogP contribution in [0.1, 0.15) is 31.2 Å². The van der Waals surface area contributed by atoms with Crippen molar-refractivity contribution >= 4 is 20.9 Å². The van der Waals surface area contributed by atoms with Crippen LogP contribution in [-0.2, 0) is 15.4 Å². The van der Waals surface area contributed by atoms with Gasteiger partial charge in [-0.15, -0.1) is 0 Å². The molecule has 0 radical (unpaired) electrons. The molecule has 0 aliphatic carbocycles. The summed E-state index contributed by atoms with van der Waals surface area (Å²) in [7, 11) is -3.03. The summed E-state index contributed by atoms with van der Waals surface area (Å²) in [6, 6.07) is 5.39. The number of sulfone groups is 1. The number of hydrogen-bond acceptors (Lipinski definition) is 5. The maximum absolute atomic E-state index is 12.1. The second-order valence-corrected chi connectivity index (χ2v) is 8.40. The van der Waals surface area contributed by atoms with Gasteiger partial charge in [0.1, 0.15) is 5.52 Å². The Labute approximate surface area is 116 Å². The molecule has 2 bridgehead atoms. The van der Waals surface area contributed by atoms with Gasteiger partial charge in [-0.05, 0) is 43.4 Å². The molecule has 0 spiro atoms. The van der Waals surface area contributed by atoms with Crippen LogP contribution in [0.15, 0.2) is 29.0 Å². The van der Waals surface area contributed by atoms with E-state index in [0.29, 0.717) is 23.9 Å². The van der Waals surface area contributed by atoms with E-state index < -0.39 is 25.9 Å². The van der Waals surface area contributed by atoms with E-state index in [9.17, 15) is 13.5 Å². The highest BCUT2D eigenvalue weighted by Crippen LogP contribution is 2.47. The van der Waals surface area contributed by atoms with E-state index in [1.54, 1.807) is 12.1 Å². The lowest BCUT2D eigenvalue weighted by atomic mass is 9.86. The number of oxazole rings is 1. The van der Waals surface area contributed by atoms with Crippen LogP contribution < -0.4 is 0 Å². The van der Waals surface area contributed by atoms with Crippen LogP contribution >= 0.6 is 0 Å². The number of aliphatic hydroxyl groups is 1. The zero-order valence-corrected chi connectivity index (χ0v) is 11.6. The smallest absolute Gasteiger partial charge is 0.181 e. The largest absolute Gasteiger partial charge is 0.443 e. The van der Waals surface area contributed by atoms with Gasteiger partial charge in [-0.3, -0.25) is 0 Å². The molecule has 20 heavy (non-hydrogen) atoms. The number of benzene rings is 1. The lowest BCUT2D eigenvalue weighted by Gasteiger charge is -2.36. The van der Waals surface area contributed by atoms with Crippen molar-refractivity contribution in [3.05, 3.63) is 30.2 Å². The van der Waals surface area contributed by atoms with E-state index in [-0.39, 0.29) is 12.8 Å². The van der Waals surface area contributed by atoms with Crippen molar-refractivity contribution in [2.24, 2.45) is 0 Å². The van der Waals surface area contributed by atoms with Gasteiger partial charge < -0.3 is 9.52 Å². The van der Waals surface area contributed by atoms with Crippen LogP contribution in [0.3, 0.4) is 0 Å². The zero-order chi connectivity index (χ0) is 14.0. The second-order valence-electron chi connectivity index (χ2n) is 5.89. The van der Waals surface area contributed by atoms with Gasteiger partial charge in [0, 0.05) is 0 Å². The highest BCUT2D eigenvalue weighted by Gasteiger charge is 2.53. The van der Waals surface area contributed by atoms with Crippen LogP contribution in [-0.4, -0.2) is 29.0 Å². The van der Waals surface area contributed by atoms with Gasteiger partial charge in [0.15, 0.2) is 21.8 Å². The van der Waals surface area contributed by atoms with Gasteiger partial charge in [-0.25, -0.2) is 13.4 Å². The van der Waals surface area contributed by atoms with E-state index in [2.05, 4.69) is 4.98 Å². The van der Waals surface area contributed by atoms with Gasteiger partial charge in [0.05, 0.1) is 16.1 Å². The number of fused-ring (bicyclic) bond motifs is 3. The van der Waals surface area contributed by atoms with Crippen LogP contribution in [0, 0.1) is 0 Å². The van der Waals surface area contributed by atoms with Crippen molar-refractivity contribution in [2.75, 3.05) is 0 Å². The predicted molar refractivity (Wildman–Crippen MR) is 72.9 cm³/mol. The fraction of sp³-hybridized carbons (Fsp3) is 0.500. The first kappa shape index (κ1) is 12.3. The first-order valence-electron chi connectivity index (χ1n) is 6.78. The summed E-state index contributed by atoms with van der Waals surface area (Å²) in [6.07, 6.45) is 3.28. The van der Waals surface area contributed by atoms with E-state index in [0.717, 1.165) is 5.56 Å². The summed E-state index contributed by atoms with van der Waals surface area (Å²) in [5.41, 5.74) is 1.04. The molecule has 4 rings (SSSR count). The Kier molecular flexibility index (Phi) is 2.36. The molecule has 2 unspecified atom stereocenters. The maximum Gasteiger partial charge on any atom is 0.181 e. The van der Waals surface area contributed by atoms with Crippen molar-refractivity contribution in [3.8, 4) is 0 Å². The second kappa shape index (κ2) is 3.83. The third-order valence-electron chi connectivity index (χ3n) is 4.74. The lowest BCUT2D eigenvalue weighted by Crippen LogP contribution is -2.43. The molecule has 1 aromatic carbocycles. The molecular formula is C14H15NO4S.